The van der Waals surface area contributed by atoms with Gasteiger partial charge < -0.3 is 25.0 Å². The molecule has 16 heteroatoms. The fourth-order valence-electron chi connectivity index (χ4n) is 4.51. The smallest absolute Gasteiger partial charge is 0.378 e. The molecule has 0 spiro atoms. The second-order valence-corrected chi connectivity index (χ2v) is 9.60. The molecule has 3 aromatic heterocycles. The summed E-state index contributed by atoms with van der Waals surface area (Å²) in [6.45, 7) is 0.00963. The van der Waals surface area contributed by atoms with Gasteiger partial charge in [0, 0.05) is 31.9 Å². The molecule has 2 atom stereocenters. The molecule has 3 aromatic rings. The number of carbonyl (C=O) groups excluding carboxylic acids is 2. The van der Waals surface area contributed by atoms with Crippen LogP contribution in [0.5, 0.6) is 0 Å². The number of hydrogen-bond donors (Lipinski definition) is 3. The number of aromatic nitrogens is 4. The predicted octanol–water partition coefficient (Wildman–Crippen LogP) is 3.61. The number of halogens is 5. The van der Waals surface area contributed by atoms with Crippen molar-refractivity contribution in [1.82, 2.24) is 30.4 Å². The quantitative estimate of drug-likeness (QED) is 0.246. The highest BCUT2D eigenvalue weighted by Gasteiger charge is 2.39. The van der Waals surface area contributed by atoms with Crippen LogP contribution >= 0.6 is 0 Å². The summed E-state index contributed by atoms with van der Waals surface area (Å²) in [5, 5.41) is 23.1. The number of aliphatic hydroxyl groups excluding tert-OH is 1. The zero-order valence-corrected chi connectivity index (χ0v) is 21.3. The maximum atomic E-state index is 13.9. The Hall–Kier alpha value is -3.66. The van der Waals surface area contributed by atoms with Crippen molar-refractivity contribution in [2.45, 2.75) is 69.5 Å². The molecule has 0 aliphatic heterocycles. The molecule has 0 bridgehead atoms. The maximum Gasteiger partial charge on any atom is 0.389 e. The lowest BCUT2D eigenvalue weighted by atomic mass is 9.81. The molecule has 1 saturated carbocycles. The molecule has 0 radical (unpaired) electrons. The number of carbonyl (C=O) groups is 2. The van der Waals surface area contributed by atoms with E-state index in [1.807, 2.05) is 0 Å². The third-order valence-corrected chi connectivity index (χ3v) is 6.62. The lowest BCUT2D eigenvalue weighted by Gasteiger charge is -2.33. The number of amides is 2. The van der Waals surface area contributed by atoms with E-state index >= 15 is 0 Å². The van der Waals surface area contributed by atoms with Crippen molar-refractivity contribution in [1.29, 1.82) is 0 Å². The maximum absolute atomic E-state index is 13.9. The summed E-state index contributed by atoms with van der Waals surface area (Å²) in [5.41, 5.74) is 0.905. The highest BCUT2D eigenvalue weighted by atomic mass is 19.4. The minimum absolute atomic E-state index is 0.00963. The van der Waals surface area contributed by atoms with E-state index in [0.29, 0.717) is 5.69 Å². The summed E-state index contributed by atoms with van der Waals surface area (Å²) in [6, 6.07) is 0.557. The van der Waals surface area contributed by atoms with Gasteiger partial charge >= 0.3 is 6.18 Å². The number of aliphatic hydroxyl groups is 1. The Morgan fingerprint density at radius 2 is 2.00 bits per heavy atom. The number of ether oxygens (including phenoxy) is 1. The average molecular weight is 575 g/mol. The second kappa shape index (κ2) is 11.8. The highest BCUT2D eigenvalue weighted by molar-refractivity contribution is 5.95. The Morgan fingerprint density at radius 1 is 1.27 bits per heavy atom. The van der Waals surface area contributed by atoms with Gasteiger partial charge in [-0.05, 0) is 24.8 Å². The lowest BCUT2D eigenvalue weighted by Crippen LogP contribution is -2.37. The van der Waals surface area contributed by atoms with Crippen LogP contribution in [0.4, 0.5) is 22.0 Å². The molecule has 1 fully saturated rings. The minimum Gasteiger partial charge on any atom is -0.378 e. The zero-order chi connectivity index (χ0) is 29.1. The standard InChI is InChI=1S/C24H27F5N6O5/c1-39-12-17-15(11-40-34-17)22(38)33-20(13-2-5-23(25,26)6-3-13)16-10-35-18(31-16)8-14(9-30-35)21(37)32-19(36)4-7-24(27,28)29/h8-11,13,20-21,37H,2-7,12H2,1H3,(H,32,36)(H,33,38)/t20-,21+/m0/s1. The Labute approximate surface area is 224 Å². The molecule has 0 aromatic carbocycles. The fourth-order valence-corrected chi connectivity index (χ4v) is 4.51. The number of alkyl halides is 5. The number of imidazole rings is 1. The molecule has 1 aliphatic carbocycles. The van der Waals surface area contributed by atoms with Crippen LogP contribution in [0.2, 0.25) is 0 Å². The van der Waals surface area contributed by atoms with Crippen molar-refractivity contribution in [3.63, 3.8) is 0 Å². The molecule has 1 aliphatic rings. The van der Waals surface area contributed by atoms with Gasteiger partial charge in [-0.15, -0.1) is 0 Å². The second-order valence-electron chi connectivity index (χ2n) is 9.60. The first-order chi connectivity index (χ1) is 18.8. The van der Waals surface area contributed by atoms with Gasteiger partial charge in [0.2, 0.25) is 11.8 Å². The first-order valence-electron chi connectivity index (χ1n) is 12.4. The van der Waals surface area contributed by atoms with Crippen molar-refractivity contribution in [3.05, 3.63) is 47.2 Å². The van der Waals surface area contributed by atoms with Crippen LogP contribution in [0, 0.1) is 5.92 Å². The largest absolute Gasteiger partial charge is 0.389 e. The van der Waals surface area contributed by atoms with Crippen LogP contribution < -0.4 is 10.6 Å². The molecule has 0 saturated heterocycles. The van der Waals surface area contributed by atoms with Gasteiger partial charge in [0.1, 0.15) is 17.5 Å². The van der Waals surface area contributed by atoms with Gasteiger partial charge in [-0.1, -0.05) is 5.16 Å². The van der Waals surface area contributed by atoms with Crippen LogP contribution in [0.3, 0.4) is 0 Å². The van der Waals surface area contributed by atoms with Gasteiger partial charge in [0.05, 0.1) is 37.2 Å². The molecular formula is C24H27F5N6O5. The molecular weight excluding hydrogens is 547 g/mol. The SMILES string of the molecule is COCc1nocc1C(=O)N[C@H](c1cn2ncc([C@@H](O)NC(=O)CCC(F)(F)F)cc2n1)C1CCC(F)(F)CC1. The van der Waals surface area contributed by atoms with E-state index < -0.39 is 54.9 Å². The third kappa shape index (κ3) is 7.29. The lowest BCUT2D eigenvalue weighted by molar-refractivity contribution is -0.145. The predicted molar refractivity (Wildman–Crippen MR) is 126 cm³/mol. The number of hydrogen-bond acceptors (Lipinski definition) is 8. The summed E-state index contributed by atoms with van der Waals surface area (Å²) in [5.74, 6) is -4.77. The van der Waals surface area contributed by atoms with E-state index in [4.69, 9.17) is 9.26 Å². The summed E-state index contributed by atoms with van der Waals surface area (Å²) >= 11 is 0. The van der Waals surface area contributed by atoms with Crippen molar-refractivity contribution >= 4 is 17.5 Å². The number of fused-ring (bicyclic) bond motifs is 1. The normalized spacial score (nSPS) is 17.5. The minimum atomic E-state index is -4.52. The van der Waals surface area contributed by atoms with Gasteiger partial charge in [0.25, 0.3) is 5.91 Å². The molecule has 218 valence electrons. The summed E-state index contributed by atoms with van der Waals surface area (Å²) < 4.78 is 76.1. The molecule has 40 heavy (non-hydrogen) atoms. The van der Waals surface area contributed by atoms with E-state index in [2.05, 4.69) is 25.9 Å². The van der Waals surface area contributed by atoms with Crippen LogP contribution in [0.25, 0.3) is 5.65 Å². The van der Waals surface area contributed by atoms with Crippen LogP contribution in [-0.4, -0.2) is 55.9 Å². The topological polar surface area (TPSA) is 144 Å². The highest BCUT2D eigenvalue weighted by Crippen LogP contribution is 2.41. The molecule has 3 heterocycles. The monoisotopic (exact) mass is 574 g/mol. The van der Waals surface area contributed by atoms with Crippen molar-refractivity contribution in [3.8, 4) is 0 Å². The third-order valence-electron chi connectivity index (χ3n) is 6.62. The van der Waals surface area contributed by atoms with Crippen molar-refractivity contribution < 1.29 is 45.9 Å². The van der Waals surface area contributed by atoms with Gasteiger partial charge in [0.15, 0.2) is 11.9 Å². The average Bonchev–Trinajstić information content (AvgIpc) is 3.52. The van der Waals surface area contributed by atoms with Gasteiger partial charge in [-0.25, -0.2) is 18.3 Å². The summed E-state index contributed by atoms with van der Waals surface area (Å²) in [4.78, 5) is 29.4. The van der Waals surface area contributed by atoms with Crippen LogP contribution in [-0.2, 0) is 16.1 Å². The van der Waals surface area contributed by atoms with Crippen molar-refractivity contribution in [2.75, 3.05) is 7.11 Å². The number of nitrogens with zero attached hydrogens (tertiary/aromatic N) is 4. The Balaban J connectivity index is 1.56. The Bertz CT molecular complexity index is 1330. The van der Waals surface area contributed by atoms with Gasteiger partial charge in [-0.3, -0.25) is 9.59 Å². The van der Waals surface area contributed by atoms with Gasteiger partial charge in [-0.2, -0.15) is 18.3 Å². The Kier molecular flexibility index (Phi) is 8.68. The first kappa shape index (κ1) is 29.3. The van der Waals surface area contributed by atoms with E-state index in [1.54, 1.807) is 0 Å². The van der Waals surface area contributed by atoms with E-state index in [9.17, 15) is 36.6 Å². The molecule has 3 N–H and O–H groups in total. The fraction of sp³-hybridized carbons (Fsp3) is 0.542. The first-order valence-corrected chi connectivity index (χ1v) is 12.4. The number of methoxy groups -OCH3 is 1. The number of nitrogens with one attached hydrogen (secondary N) is 2. The molecule has 0 unspecified atom stereocenters. The van der Waals surface area contributed by atoms with Crippen LogP contribution in [0.1, 0.15) is 78.1 Å². The van der Waals surface area contributed by atoms with E-state index in [1.165, 1.54) is 30.1 Å². The van der Waals surface area contributed by atoms with Crippen LogP contribution in [0.15, 0.2) is 29.2 Å². The van der Waals surface area contributed by atoms with E-state index in [0.717, 1.165) is 6.26 Å². The zero-order valence-electron chi connectivity index (χ0n) is 21.3. The summed E-state index contributed by atoms with van der Waals surface area (Å²) in [6.07, 6.45) is -5.02. The summed E-state index contributed by atoms with van der Waals surface area (Å²) in [7, 11) is 1.42. The molecule has 4 rings (SSSR count). The molecule has 2 amide bonds. The molecule has 11 nitrogen and oxygen atoms in total. The number of rotatable bonds is 10. The Morgan fingerprint density at radius 3 is 2.67 bits per heavy atom. The van der Waals surface area contributed by atoms with Crippen molar-refractivity contribution in [2.24, 2.45) is 5.92 Å². The van der Waals surface area contributed by atoms with E-state index in [-0.39, 0.29) is 54.8 Å².